The average Bonchev–Trinajstić information content (AvgIpc) is 3.18. The van der Waals surface area contributed by atoms with E-state index >= 15 is 0 Å². The van der Waals surface area contributed by atoms with Gasteiger partial charge in [0.05, 0.1) is 10.6 Å². The Bertz CT molecular complexity index is 935. The van der Waals surface area contributed by atoms with Crippen LogP contribution in [0.4, 0.5) is 0 Å². The summed E-state index contributed by atoms with van der Waals surface area (Å²) < 4.78 is 2.23. The normalized spacial score (nSPS) is 16.1. The molecule has 3 heterocycles. The molecule has 0 saturated heterocycles. The minimum Gasteiger partial charge on any atom is -0.323 e. The standard InChI is InChI=1S/C16H18N4OS2/c1-8-9(2)22-15-12(8)14(21)18-13(19-15)10(3)23-16-17-6-7-20(16)11-4-5-11/h6-7,10-11H,4-5H2,1-3H3,(H,18,19,21). The lowest BCUT2D eigenvalue weighted by Crippen LogP contribution is -2.12. The smallest absolute Gasteiger partial charge is 0.259 e. The second-order valence-corrected chi connectivity index (χ2v) is 8.53. The van der Waals surface area contributed by atoms with Crippen LogP contribution in [0.2, 0.25) is 0 Å². The van der Waals surface area contributed by atoms with Crippen molar-refractivity contribution in [3.8, 4) is 0 Å². The topological polar surface area (TPSA) is 63.6 Å². The first-order valence-corrected chi connectivity index (χ1v) is 9.43. The van der Waals surface area contributed by atoms with E-state index in [1.54, 1.807) is 23.1 Å². The summed E-state index contributed by atoms with van der Waals surface area (Å²) in [5.41, 5.74) is 1.000. The van der Waals surface area contributed by atoms with Crippen molar-refractivity contribution in [3.05, 3.63) is 39.0 Å². The first-order valence-electron chi connectivity index (χ1n) is 7.74. The molecule has 1 saturated carbocycles. The number of fused-ring (bicyclic) bond motifs is 1. The molecule has 0 amide bonds. The van der Waals surface area contributed by atoms with Crippen LogP contribution in [0.25, 0.3) is 10.2 Å². The molecule has 1 unspecified atom stereocenters. The van der Waals surface area contributed by atoms with Crippen molar-refractivity contribution >= 4 is 33.3 Å². The van der Waals surface area contributed by atoms with E-state index in [9.17, 15) is 4.79 Å². The zero-order chi connectivity index (χ0) is 16.1. The summed E-state index contributed by atoms with van der Waals surface area (Å²) >= 11 is 3.24. The lowest BCUT2D eigenvalue weighted by atomic mass is 10.2. The highest BCUT2D eigenvalue weighted by atomic mass is 32.2. The summed E-state index contributed by atoms with van der Waals surface area (Å²) in [5.74, 6) is 0.721. The van der Waals surface area contributed by atoms with Crippen LogP contribution in [-0.2, 0) is 0 Å². The highest BCUT2D eigenvalue weighted by molar-refractivity contribution is 7.99. The fourth-order valence-electron chi connectivity index (χ4n) is 2.70. The largest absolute Gasteiger partial charge is 0.323 e. The number of thioether (sulfide) groups is 1. The van der Waals surface area contributed by atoms with Gasteiger partial charge >= 0.3 is 0 Å². The number of aromatic amines is 1. The van der Waals surface area contributed by atoms with Gasteiger partial charge in [0.1, 0.15) is 10.7 Å². The van der Waals surface area contributed by atoms with Crippen molar-refractivity contribution < 1.29 is 0 Å². The zero-order valence-corrected chi connectivity index (χ0v) is 14.9. The molecule has 1 N–H and O–H groups in total. The van der Waals surface area contributed by atoms with Gasteiger partial charge in [-0.05, 0) is 39.2 Å². The van der Waals surface area contributed by atoms with E-state index in [0.717, 1.165) is 31.6 Å². The molecule has 1 atom stereocenters. The summed E-state index contributed by atoms with van der Waals surface area (Å²) in [5, 5.41) is 1.78. The van der Waals surface area contributed by atoms with Gasteiger partial charge in [-0.3, -0.25) is 4.79 Å². The maximum atomic E-state index is 12.4. The van der Waals surface area contributed by atoms with Crippen LogP contribution in [-0.4, -0.2) is 19.5 Å². The second-order valence-electron chi connectivity index (χ2n) is 6.02. The molecule has 3 aromatic rings. The highest BCUT2D eigenvalue weighted by Crippen LogP contribution is 2.40. The third kappa shape index (κ3) is 2.61. The van der Waals surface area contributed by atoms with Crippen molar-refractivity contribution in [2.45, 2.75) is 50.1 Å². The van der Waals surface area contributed by atoms with Crippen LogP contribution >= 0.6 is 23.1 Å². The third-order valence-electron chi connectivity index (χ3n) is 4.30. The van der Waals surface area contributed by atoms with E-state index in [1.807, 2.05) is 26.2 Å². The van der Waals surface area contributed by atoms with Crippen molar-refractivity contribution in [2.75, 3.05) is 0 Å². The number of nitrogens with one attached hydrogen (secondary N) is 1. The Kier molecular flexibility index (Phi) is 3.57. The molecule has 23 heavy (non-hydrogen) atoms. The number of rotatable bonds is 4. The molecule has 4 rings (SSSR count). The number of hydrogen-bond acceptors (Lipinski definition) is 5. The summed E-state index contributed by atoms with van der Waals surface area (Å²) in [7, 11) is 0. The van der Waals surface area contributed by atoms with Crippen LogP contribution in [0, 0.1) is 13.8 Å². The van der Waals surface area contributed by atoms with Gasteiger partial charge in [0, 0.05) is 23.3 Å². The molecule has 0 radical (unpaired) electrons. The predicted molar refractivity (Wildman–Crippen MR) is 94.5 cm³/mol. The van der Waals surface area contributed by atoms with Gasteiger partial charge in [-0.15, -0.1) is 11.3 Å². The lowest BCUT2D eigenvalue weighted by molar-refractivity contribution is 0.661. The first-order chi connectivity index (χ1) is 11.0. The van der Waals surface area contributed by atoms with Crippen molar-refractivity contribution in [2.24, 2.45) is 0 Å². The maximum absolute atomic E-state index is 12.4. The van der Waals surface area contributed by atoms with Gasteiger partial charge in [0.25, 0.3) is 5.56 Å². The molecule has 1 aliphatic rings. The molecule has 1 fully saturated rings. The zero-order valence-electron chi connectivity index (χ0n) is 13.3. The second kappa shape index (κ2) is 5.49. The number of aryl methyl sites for hydroxylation is 2. The molecular weight excluding hydrogens is 328 g/mol. The monoisotopic (exact) mass is 346 g/mol. The van der Waals surface area contributed by atoms with E-state index in [4.69, 9.17) is 4.98 Å². The minimum atomic E-state index is -0.0372. The summed E-state index contributed by atoms with van der Waals surface area (Å²) in [6.07, 6.45) is 6.34. The summed E-state index contributed by atoms with van der Waals surface area (Å²) in [6.45, 7) is 6.08. The molecule has 7 heteroatoms. The van der Waals surface area contributed by atoms with Crippen molar-refractivity contribution in [1.82, 2.24) is 19.5 Å². The molecule has 0 aliphatic heterocycles. The number of imidazole rings is 1. The Morgan fingerprint density at radius 3 is 2.96 bits per heavy atom. The van der Waals surface area contributed by atoms with Crippen LogP contribution in [0.15, 0.2) is 22.3 Å². The van der Waals surface area contributed by atoms with Crippen LogP contribution in [0.1, 0.15) is 47.3 Å². The Morgan fingerprint density at radius 2 is 2.22 bits per heavy atom. The van der Waals surface area contributed by atoms with E-state index in [0.29, 0.717) is 6.04 Å². The van der Waals surface area contributed by atoms with Crippen molar-refractivity contribution in [1.29, 1.82) is 0 Å². The van der Waals surface area contributed by atoms with E-state index in [-0.39, 0.29) is 10.8 Å². The van der Waals surface area contributed by atoms with E-state index < -0.39 is 0 Å². The van der Waals surface area contributed by atoms with Crippen LogP contribution in [0.5, 0.6) is 0 Å². The Morgan fingerprint density at radius 1 is 1.43 bits per heavy atom. The third-order valence-corrected chi connectivity index (χ3v) is 6.50. The van der Waals surface area contributed by atoms with Gasteiger partial charge in [-0.1, -0.05) is 11.8 Å². The lowest BCUT2D eigenvalue weighted by Gasteiger charge is -2.11. The van der Waals surface area contributed by atoms with Gasteiger partial charge in [0.15, 0.2) is 5.16 Å². The predicted octanol–water partition coefficient (Wildman–Crippen LogP) is 3.99. The summed E-state index contributed by atoms with van der Waals surface area (Å²) in [4.78, 5) is 26.5. The molecule has 0 aromatic carbocycles. The Balaban J connectivity index is 1.68. The maximum Gasteiger partial charge on any atom is 0.259 e. The molecule has 5 nitrogen and oxygen atoms in total. The van der Waals surface area contributed by atoms with Gasteiger partial charge in [-0.2, -0.15) is 0 Å². The minimum absolute atomic E-state index is 0.0372. The number of nitrogens with zero attached hydrogens (tertiary/aromatic N) is 3. The molecule has 120 valence electrons. The van der Waals surface area contributed by atoms with Crippen LogP contribution in [0.3, 0.4) is 0 Å². The van der Waals surface area contributed by atoms with Crippen LogP contribution < -0.4 is 5.56 Å². The fraction of sp³-hybridized carbons (Fsp3) is 0.438. The molecular formula is C16H18N4OS2. The quantitative estimate of drug-likeness (QED) is 0.726. The van der Waals surface area contributed by atoms with E-state index in [2.05, 4.69) is 21.5 Å². The molecule has 0 bridgehead atoms. The Labute approximate surface area is 142 Å². The first kappa shape index (κ1) is 15.0. The number of H-pyrrole nitrogens is 1. The number of aromatic nitrogens is 4. The molecule has 3 aromatic heterocycles. The fourth-order valence-corrected chi connectivity index (χ4v) is 4.73. The Hall–Kier alpha value is -1.60. The van der Waals surface area contributed by atoms with Gasteiger partial charge in [0.2, 0.25) is 0 Å². The average molecular weight is 346 g/mol. The van der Waals surface area contributed by atoms with Gasteiger partial charge < -0.3 is 9.55 Å². The number of thiophene rings is 1. The molecule has 1 aliphatic carbocycles. The SMILES string of the molecule is Cc1sc2nc(C(C)Sc3nccn3C3CC3)[nH]c(=O)c2c1C. The summed E-state index contributed by atoms with van der Waals surface area (Å²) in [6, 6.07) is 0.601. The molecule has 0 spiro atoms. The van der Waals surface area contributed by atoms with E-state index in [1.165, 1.54) is 12.8 Å². The highest BCUT2D eigenvalue weighted by Gasteiger charge is 2.26. The van der Waals surface area contributed by atoms with Gasteiger partial charge in [-0.25, -0.2) is 9.97 Å². The van der Waals surface area contributed by atoms with Crippen molar-refractivity contribution in [3.63, 3.8) is 0 Å². The number of hydrogen-bond donors (Lipinski definition) is 1.